The molecule has 0 aliphatic carbocycles. The number of aryl methyl sites for hydroxylation is 1. The third-order valence-corrected chi connectivity index (χ3v) is 5.29. The Bertz CT molecular complexity index is 1140. The van der Waals surface area contributed by atoms with Crippen LogP contribution in [0.1, 0.15) is 12.0 Å². The van der Waals surface area contributed by atoms with Crippen LogP contribution in [0.25, 0.3) is 11.0 Å². The molecule has 9 nitrogen and oxygen atoms in total. The molecule has 0 radical (unpaired) electrons. The summed E-state index contributed by atoms with van der Waals surface area (Å²) in [6.45, 7) is 0.242. The molecule has 4 rings (SSSR count). The number of rotatable bonds is 7. The van der Waals surface area contributed by atoms with Crippen LogP contribution >= 0.6 is 0 Å². The Morgan fingerprint density at radius 3 is 2.71 bits per heavy atom. The molecule has 2 aromatic carbocycles. The fraction of sp³-hybridized carbons (Fsp3) is 0.273. The van der Waals surface area contributed by atoms with Crippen molar-refractivity contribution in [1.82, 2.24) is 19.8 Å². The summed E-state index contributed by atoms with van der Waals surface area (Å²) in [5.74, 6) is -0.00760. The summed E-state index contributed by atoms with van der Waals surface area (Å²) in [5, 5.41) is 5.37. The van der Waals surface area contributed by atoms with Gasteiger partial charge in [-0.2, -0.15) is 0 Å². The van der Waals surface area contributed by atoms with Crippen LogP contribution in [0.3, 0.4) is 0 Å². The summed E-state index contributed by atoms with van der Waals surface area (Å²) in [6.07, 6.45) is 2.08. The van der Waals surface area contributed by atoms with Gasteiger partial charge in [-0.05, 0) is 42.3 Å². The average molecular weight is 421 g/mol. The number of carbonyl (C=O) groups is 3. The van der Waals surface area contributed by atoms with Gasteiger partial charge < -0.3 is 19.9 Å². The van der Waals surface area contributed by atoms with Crippen LogP contribution in [-0.2, 0) is 23.1 Å². The zero-order chi connectivity index (χ0) is 22.0. The predicted octanol–water partition coefficient (Wildman–Crippen LogP) is 2.07. The van der Waals surface area contributed by atoms with E-state index in [9.17, 15) is 14.4 Å². The van der Waals surface area contributed by atoms with Gasteiger partial charge in [0.25, 0.3) is 5.91 Å². The van der Waals surface area contributed by atoms with E-state index < -0.39 is 18.0 Å². The average Bonchev–Trinajstić information content (AvgIpc) is 3.25. The number of amides is 4. The fourth-order valence-corrected chi connectivity index (χ4v) is 3.57. The van der Waals surface area contributed by atoms with E-state index >= 15 is 0 Å². The lowest BCUT2D eigenvalue weighted by atomic mass is 10.1. The van der Waals surface area contributed by atoms with Crippen molar-refractivity contribution in [2.45, 2.75) is 18.9 Å². The smallest absolute Gasteiger partial charge is 0.324 e. The minimum absolute atomic E-state index is 0.135. The summed E-state index contributed by atoms with van der Waals surface area (Å²) in [7, 11) is 3.48. The van der Waals surface area contributed by atoms with E-state index in [0.717, 1.165) is 27.2 Å². The second kappa shape index (κ2) is 8.47. The van der Waals surface area contributed by atoms with Gasteiger partial charge >= 0.3 is 6.03 Å². The van der Waals surface area contributed by atoms with Gasteiger partial charge in [0, 0.05) is 19.3 Å². The number of anilines is 1. The van der Waals surface area contributed by atoms with Crippen molar-refractivity contribution >= 4 is 34.6 Å². The first-order chi connectivity index (χ1) is 14.9. The Morgan fingerprint density at radius 1 is 1.19 bits per heavy atom. The minimum atomic E-state index is -0.873. The number of carbonyl (C=O) groups excluding carboxylic acids is 3. The minimum Gasteiger partial charge on any atom is -0.497 e. The molecule has 2 N–H and O–H groups in total. The van der Waals surface area contributed by atoms with Gasteiger partial charge in [-0.15, -0.1) is 0 Å². The molecule has 1 atom stereocenters. The van der Waals surface area contributed by atoms with E-state index in [1.165, 1.54) is 0 Å². The Labute approximate surface area is 179 Å². The van der Waals surface area contributed by atoms with E-state index in [4.69, 9.17) is 4.74 Å². The maximum atomic E-state index is 12.6. The number of benzene rings is 2. The first-order valence-electron chi connectivity index (χ1n) is 9.90. The lowest BCUT2D eigenvalue weighted by molar-refractivity contribution is -0.129. The Hall–Kier alpha value is -3.88. The van der Waals surface area contributed by atoms with Gasteiger partial charge in [0.2, 0.25) is 5.91 Å². The Morgan fingerprint density at radius 2 is 1.97 bits per heavy atom. The molecule has 2 heterocycles. The van der Waals surface area contributed by atoms with Crippen molar-refractivity contribution in [2.75, 3.05) is 19.0 Å². The summed E-state index contributed by atoms with van der Waals surface area (Å²) in [4.78, 5) is 42.7. The number of hydrogen-bond donors (Lipinski definition) is 2. The highest BCUT2D eigenvalue weighted by Gasteiger charge is 2.38. The van der Waals surface area contributed by atoms with Crippen LogP contribution in [0.4, 0.5) is 10.5 Å². The number of fused-ring (bicyclic) bond motifs is 1. The van der Waals surface area contributed by atoms with Gasteiger partial charge in [-0.3, -0.25) is 14.5 Å². The molecule has 4 amide bonds. The fourth-order valence-electron chi connectivity index (χ4n) is 3.57. The molecule has 1 aromatic heterocycles. The van der Waals surface area contributed by atoms with Crippen LogP contribution in [0.2, 0.25) is 0 Å². The Kier molecular flexibility index (Phi) is 5.57. The molecule has 1 saturated heterocycles. The van der Waals surface area contributed by atoms with Gasteiger partial charge in [-0.25, -0.2) is 9.78 Å². The van der Waals surface area contributed by atoms with E-state index in [1.807, 2.05) is 41.9 Å². The molecule has 3 aromatic rings. The number of imide groups is 1. The number of hydrogen-bond acceptors (Lipinski definition) is 5. The lowest BCUT2D eigenvalue weighted by Gasteiger charge is -2.13. The lowest BCUT2D eigenvalue weighted by Crippen LogP contribution is -2.34. The zero-order valence-corrected chi connectivity index (χ0v) is 17.3. The van der Waals surface area contributed by atoms with Gasteiger partial charge in [-0.1, -0.05) is 12.1 Å². The summed E-state index contributed by atoms with van der Waals surface area (Å²) < 4.78 is 7.01. The third-order valence-electron chi connectivity index (χ3n) is 5.29. The van der Waals surface area contributed by atoms with Crippen LogP contribution in [-0.4, -0.2) is 52.0 Å². The summed E-state index contributed by atoms with van der Waals surface area (Å²) in [6, 6.07) is 11.5. The highest BCUT2D eigenvalue weighted by molar-refractivity contribution is 6.07. The maximum absolute atomic E-state index is 12.6. The monoisotopic (exact) mass is 421 g/mol. The van der Waals surface area contributed by atoms with Gasteiger partial charge in [0.1, 0.15) is 11.8 Å². The molecular formula is C22H23N5O4. The van der Waals surface area contributed by atoms with Crippen LogP contribution in [0.15, 0.2) is 48.8 Å². The predicted molar refractivity (Wildman–Crippen MR) is 115 cm³/mol. The topological polar surface area (TPSA) is 106 Å². The SMILES string of the molecule is COc1ccc(CCN2C(=O)N[C@@H](CC(=O)Nc3ccc4c(c3)ncn4C)C2=O)cc1. The largest absolute Gasteiger partial charge is 0.497 e. The first-order valence-corrected chi connectivity index (χ1v) is 9.90. The zero-order valence-electron chi connectivity index (χ0n) is 17.3. The van der Waals surface area contributed by atoms with Gasteiger partial charge in [0.15, 0.2) is 0 Å². The molecule has 0 spiro atoms. The second-order valence-corrected chi connectivity index (χ2v) is 7.40. The van der Waals surface area contributed by atoms with Crippen molar-refractivity contribution in [3.63, 3.8) is 0 Å². The molecule has 0 unspecified atom stereocenters. The van der Waals surface area contributed by atoms with E-state index in [2.05, 4.69) is 15.6 Å². The number of urea groups is 1. The number of imidazole rings is 1. The van der Waals surface area contributed by atoms with Crippen molar-refractivity contribution < 1.29 is 19.1 Å². The van der Waals surface area contributed by atoms with Crippen molar-refractivity contribution in [1.29, 1.82) is 0 Å². The molecule has 31 heavy (non-hydrogen) atoms. The second-order valence-electron chi connectivity index (χ2n) is 7.40. The molecule has 1 fully saturated rings. The molecule has 0 bridgehead atoms. The van der Waals surface area contributed by atoms with E-state index in [0.29, 0.717) is 12.1 Å². The normalized spacial score (nSPS) is 15.9. The first kappa shape index (κ1) is 20.4. The quantitative estimate of drug-likeness (QED) is 0.568. The van der Waals surface area contributed by atoms with E-state index in [1.54, 1.807) is 25.6 Å². The molecular weight excluding hydrogens is 398 g/mol. The number of nitrogens with zero attached hydrogens (tertiary/aromatic N) is 3. The summed E-state index contributed by atoms with van der Waals surface area (Å²) in [5.41, 5.74) is 3.27. The highest BCUT2D eigenvalue weighted by atomic mass is 16.5. The Balaban J connectivity index is 1.33. The number of methoxy groups -OCH3 is 1. The standard InChI is InChI=1S/C22H23N5O4/c1-26-13-23-17-11-15(5-8-19(17)26)24-20(28)12-18-21(29)27(22(30)25-18)10-9-14-3-6-16(31-2)7-4-14/h3-8,11,13,18H,9-10,12H2,1-2H3,(H,24,28)(H,25,30)/t18-/m0/s1. The summed E-state index contributed by atoms with van der Waals surface area (Å²) >= 11 is 0. The number of ether oxygens (including phenoxy) is 1. The van der Waals surface area contributed by atoms with Crippen molar-refractivity contribution in [3.8, 4) is 5.75 Å². The highest BCUT2D eigenvalue weighted by Crippen LogP contribution is 2.19. The molecule has 160 valence electrons. The number of nitrogens with one attached hydrogen (secondary N) is 2. The number of aromatic nitrogens is 2. The molecule has 1 aliphatic rings. The third kappa shape index (κ3) is 4.35. The molecule has 9 heteroatoms. The van der Waals surface area contributed by atoms with Crippen LogP contribution in [0.5, 0.6) is 5.75 Å². The van der Waals surface area contributed by atoms with Crippen LogP contribution < -0.4 is 15.4 Å². The van der Waals surface area contributed by atoms with E-state index in [-0.39, 0.29) is 18.9 Å². The van der Waals surface area contributed by atoms with Crippen molar-refractivity contribution in [2.24, 2.45) is 7.05 Å². The van der Waals surface area contributed by atoms with Crippen LogP contribution in [0, 0.1) is 0 Å². The maximum Gasteiger partial charge on any atom is 0.324 e. The molecule has 0 saturated carbocycles. The van der Waals surface area contributed by atoms with Gasteiger partial charge in [0.05, 0.1) is 30.9 Å². The molecule has 1 aliphatic heterocycles. The van der Waals surface area contributed by atoms with Crippen molar-refractivity contribution in [3.05, 3.63) is 54.4 Å².